The first-order valence-corrected chi connectivity index (χ1v) is 8.59. The molecule has 0 aliphatic carbocycles. The van der Waals surface area contributed by atoms with E-state index in [4.69, 9.17) is 5.11 Å². The summed E-state index contributed by atoms with van der Waals surface area (Å²) in [6.07, 6.45) is 7.57. The van der Waals surface area contributed by atoms with Gasteiger partial charge in [-0.25, -0.2) is 34.6 Å². The van der Waals surface area contributed by atoms with Crippen LogP contribution in [0, 0.1) is 17.0 Å². The summed E-state index contributed by atoms with van der Waals surface area (Å²) < 4.78 is 1.59. The molecule has 29 heavy (non-hydrogen) atoms. The van der Waals surface area contributed by atoms with E-state index < -0.39 is 5.97 Å². The fraction of sp³-hybridized carbons (Fsp3) is 0.105. The average molecular weight is 389 g/mol. The Bertz CT molecular complexity index is 1210. The van der Waals surface area contributed by atoms with Gasteiger partial charge in [-0.3, -0.25) is 0 Å². The highest BCUT2D eigenvalue weighted by Crippen LogP contribution is 2.06. The van der Waals surface area contributed by atoms with E-state index in [-0.39, 0.29) is 10.7 Å². The predicted octanol–water partition coefficient (Wildman–Crippen LogP) is -1.89. The van der Waals surface area contributed by atoms with Crippen molar-refractivity contribution in [3.63, 3.8) is 0 Å². The zero-order chi connectivity index (χ0) is 20.2. The van der Waals surface area contributed by atoms with Crippen LogP contribution >= 0.6 is 0 Å². The quantitative estimate of drug-likeness (QED) is 0.392. The molecule has 4 rings (SSSR count). The second-order valence-electron chi connectivity index (χ2n) is 6.16. The molecular formula is C19H15N7O3. The number of aromatic carboxylic acids is 1. The van der Waals surface area contributed by atoms with Crippen LogP contribution < -0.4 is 15.9 Å². The monoisotopic (exact) mass is 389 g/mol. The summed E-state index contributed by atoms with van der Waals surface area (Å²) in [6.45, 7) is 0.671. The minimum absolute atomic E-state index is 0.194. The van der Waals surface area contributed by atoms with Gasteiger partial charge in [0.25, 0.3) is 0 Å². The van der Waals surface area contributed by atoms with Gasteiger partial charge in [-0.15, -0.1) is 0 Å². The lowest BCUT2D eigenvalue weighted by molar-refractivity contribution is -0.886. The van der Waals surface area contributed by atoms with Crippen LogP contribution in [0.1, 0.15) is 21.6 Å². The Morgan fingerprint density at radius 3 is 2.79 bits per heavy atom. The van der Waals surface area contributed by atoms with Crippen LogP contribution in [0.2, 0.25) is 0 Å². The molecule has 10 nitrogen and oxygen atoms in total. The van der Waals surface area contributed by atoms with E-state index in [0.717, 1.165) is 5.56 Å². The number of hydrogen-bond acceptors (Lipinski definition) is 7. The maximum absolute atomic E-state index is 12.4. The Hall–Kier alpha value is -4.07. The molecule has 0 saturated carbocycles. The number of carboxylic acid groups (broad SMARTS) is 1. The molecule has 1 aromatic carbocycles. The number of nitrogens with zero attached hydrogens (tertiary/aromatic N) is 6. The first-order chi connectivity index (χ1) is 14.1. The standard InChI is InChI=1S/C19H15N7O3/c27-19(28)15-5-3-14(4-6-15)9-25-10-18-17(11-26(25)29)21-8-16(23-18)2-1-7-24-13-20-12-22-24/h3-6,8,10-13,26H,7,9H2,(H,27,28). The van der Waals surface area contributed by atoms with E-state index in [2.05, 4.69) is 31.9 Å². The number of hydrogen-bond donors (Lipinski definition) is 2. The van der Waals surface area contributed by atoms with E-state index in [1.165, 1.54) is 35.9 Å². The number of fused-ring (bicyclic) bond motifs is 1. The SMILES string of the molecule is O=C(O)c1ccc(CN2C=c3nc(C#CCn4cncn4)cnc3=C[NH+]2[O-])cc1. The van der Waals surface area contributed by atoms with Gasteiger partial charge in [0.15, 0.2) is 0 Å². The third-order valence-electron chi connectivity index (χ3n) is 4.13. The van der Waals surface area contributed by atoms with Crippen LogP contribution in [0.15, 0.2) is 43.1 Å². The van der Waals surface area contributed by atoms with E-state index in [9.17, 15) is 10.0 Å². The molecule has 10 heteroatoms. The molecular weight excluding hydrogens is 374 g/mol. The molecule has 0 radical (unpaired) electrons. The number of benzene rings is 1. The van der Waals surface area contributed by atoms with Crippen molar-refractivity contribution >= 4 is 18.4 Å². The lowest BCUT2D eigenvalue weighted by Crippen LogP contribution is -3.09. The van der Waals surface area contributed by atoms with Gasteiger partial charge in [0, 0.05) is 0 Å². The van der Waals surface area contributed by atoms with E-state index in [1.54, 1.807) is 29.3 Å². The van der Waals surface area contributed by atoms with E-state index in [1.807, 2.05) is 0 Å². The fourth-order valence-corrected chi connectivity index (χ4v) is 2.69. The molecule has 2 aromatic heterocycles. The molecule has 1 unspecified atom stereocenters. The third-order valence-corrected chi connectivity index (χ3v) is 4.13. The maximum atomic E-state index is 12.4. The summed E-state index contributed by atoms with van der Waals surface area (Å²) >= 11 is 0. The average Bonchev–Trinajstić information content (AvgIpc) is 3.23. The molecule has 1 aliphatic heterocycles. The number of hydroxylamine groups is 1. The molecule has 0 bridgehead atoms. The van der Waals surface area contributed by atoms with Gasteiger partial charge in [-0.2, -0.15) is 5.10 Å². The lowest BCUT2D eigenvalue weighted by Gasteiger charge is -2.31. The topological polar surface area (TPSA) is 125 Å². The summed E-state index contributed by atoms with van der Waals surface area (Å²) in [7, 11) is 0. The molecule has 144 valence electrons. The molecule has 2 N–H and O–H groups in total. The van der Waals surface area contributed by atoms with Crippen molar-refractivity contribution in [3.8, 4) is 11.8 Å². The van der Waals surface area contributed by atoms with Gasteiger partial charge in [0.2, 0.25) is 0 Å². The number of carboxylic acids is 1. The van der Waals surface area contributed by atoms with Crippen LogP contribution in [0.5, 0.6) is 0 Å². The molecule has 3 heterocycles. The number of nitrogens with one attached hydrogen (secondary N) is 1. The largest absolute Gasteiger partial charge is 0.603 e. The van der Waals surface area contributed by atoms with Crippen molar-refractivity contribution in [2.75, 3.05) is 0 Å². The summed E-state index contributed by atoms with van der Waals surface area (Å²) in [5.74, 6) is 4.87. The van der Waals surface area contributed by atoms with Gasteiger partial charge in [-0.05, 0) is 23.6 Å². The first-order valence-electron chi connectivity index (χ1n) is 8.59. The lowest BCUT2D eigenvalue weighted by atomic mass is 10.1. The summed E-state index contributed by atoms with van der Waals surface area (Å²) in [4.78, 5) is 23.5. The van der Waals surface area contributed by atoms with Crippen molar-refractivity contribution < 1.29 is 15.1 Å². The zero-order valence-electron chi connectivity index (χ0n) is 15.1. The molecule has 1 atom stereocenters. The van der Waals surface area contributed by atoms with Crippen molar-refractivity contribution in [3.05, 3.63) is 75.8 Å². The Balaban J connectivity index is 1.55. The number of aromatic nitrogens is 5. The molecule has 0 spiro atoms. The van der Waals surface area contributed by atoms with E-state index in [0.29, 0.717) is 29.5 Å². The number of rotatable bonds is 4. The maximum Gasteiger partial charge on any atom is 0.335 e. The first kappa shape index (κ1) is 18.3. The normalized spacial score (nSPS) is 14.8. The smallest absolute Gasteiger partial charge is 0.335 e. The second kappa shape index (κ2) is 7.89. The van der Waals surface area contributed by atoms with Crippen LogP contribution in [0.25, 0.3) is 12.4 Å². The fourth-order valence-electron chi connectivity index (χ4n) is 2.69. The highest BCUT2D eigenvalue weighted by molar-refractivity contribution is 5.87. The van der Waals surface area contributed by atoms with Gasteiger partial charge < -0.3 is 10.3 Å². The van der Waals surface area contributed by atoms with Crippen molar-refractivity contribution in [2.24, 2.45) is 0 Å². The summed E-state index contributed by atoms with van der Waals surface area (Å²) in [5, 5.41) is 27.6. The molecule has 3 aromatic rings. The van der Waals surface area contributed by atoms with Crippen molar-refractivity contribution in [1.82, 2.24) is 29.7 Å². The van der Waals surface area contributed by atoms with Gasteiger partial charge in [0.05, 0.1) is 24.5 Å². The van der Waals surface area contributed by atoms with Gasteiger partial charge >= 0.3 is 5.97 Å². The molecule has 1 aliphatic rings. The molecule has 0 fully saturated rings. The minimum atomic E-state index is -0.993. The molecule has 0 amide bonds. The Labute approximate surface area is 164 Å². The molecule has 0 saturated heterocycles. The van der Waals surface area contributed by atoms with Crippen molar-refractivity contribution in [2.45, 2.75) is 13.1 Å². The highest BCUT2D eigenvalue weighted by atomic mass is 16.5. The number of quaternary nitrogens is 1. The summed E-state index contributed by atoms with van der Waals surface area (Å²) in [5.41, 5.74) is 1.47. The second-order valence-corrected chi connectivity index (χ2v) is 6.16. The van der Waals surface area contributed by atoms with Crippen LogP contribution in [0.3, 0.4) is 0 Å². The van der Waals surface area contributed by atoms with Gasteiger partial charge in [-0.1, -0.05) is 18.1 Å². The summed E-state index contributed by atoms with van der Waals surface area (Å²) in [6, 6.07) is 6.37. The van der Waals surface area contributed by atoms with Crippen LogP contribution in [-0.4, -0.2) is 40.8 Å². The highest BCUT2D eigenvalue weighted by Gasteiger charge is 2.13. The Morgan fingerprint density at radius 1 is 1.24 bits per heavy atom. The van der Waals surface area contributed by atoms with Crippen molar-refractivity contribution in [1.29, 1.82) is 0 Å². The number of carbonyl (C=O) groups is 1. The van der Waals surface area contributed by atoms with E-state index >= 15 is 0 Å². The minimum Gasteiger partial charge on any atom is -0.603 e. The predicted molar refractivity (Wildman–Crippen MR) is 100 cm³/mol. The zero-order valence-corrected chi connectivity index (χ0v) is 15.1. The van der Waals surface area contributed by atoms with Gasteiger partial charge in [0.1, 0.15) is 41.8 Å². The van der Waals surface area contributed by atoms with Crippen LogP contribution in [-0.2, 0) is 13.1 Å². The Morgan fingerprint density at radius 2 is 2.07 bits per heavy atom. The van der Waals surface area contributed by atoms with Crippen LogP contribution in [0.4, 0.5) is 0 Å². The third kappa shape index (κ3) is 4.27. The Kier molecular flexibility index (Phi) is 4.98.